The largest absolute Gasteiger partial charge is 0.481 e. The smallest absolute Gasteiger partial charge is 0.328 e. The van der Waals surface area contributed by atoms with Crippen LogP contribution in [0.2, 0.25) is 0 Å². The summed E-state index contributed by atoms with van der Waals surface area (Å²) in [7, 11) is 0. The minimum atomic E-state index is -1.01. The maximum atomic E-state index is 12.1. The number of hydrogen-bond acceptors (Lipinski definition) is 3. The highest BCUT2D eigenvalue weighted by Gasteiger charge is 2.67. The van der Waals surface area contributed by atoms with Crippen molar-refractivity contribution in [3.05, 3.63) is 35.9 Å². The summed E-state index contributed by atoms with van der Waals surface area (Å²) in [4.78, 5) is 28.2. The van der Waals surface area contributed by atoms with Crippen LogP contribution in [0, 0.1) is 16.7 Å². The van der Waals surface area contributed by atoms with Crippen LogP contribution in [0.4, 0.5) is 0 Å². The third kappa shape index (κ3) is 2.34. The first kappa shape index (κ1) is 16.7. The standard InChI is InChI=1S/C19H23NO4/c1-18(2)13-8-9-19(18,17(23)24)15(11-13)20-14(16(21)22)10-12-6-4-3-5-7-12/h3-7,13-14H,8-11H2,1-2H3,(H,21,22)(H,23,24)/t13-,14+,19+/m1/s1. The molecule has 1 aromatic rings. The van der Waals surface area contributed by atoms with E-state index >= 15 is 0 Å². The predicted octanol–water partition coefficient (Wildman–Crippen LogP) is 3.03. The molecule has 2 fully saturated rings. The summed E-state index contributed by atoms with van der Waals surface area (Å²) in [5.41, 5.74) is 0.0656. The predicted molar refractivity (Wildman–Crippen MR) is 90.2 cm³/mol. The fourth-order valence-corrected chi connectivity index (χ4v) is 4.59. The maximum Gasteiger partial charge on any atom is 0.328 e. The minimum Gasteiger partial charge on any atom is -0.481 e. The number of nitrogens with zero attached hydrogens (tertiary/aromatic N) is 1. The molecular formula is C19H23NO4. The number of carboxylic acids is 2. The first-order chi connectivity index (χ1) is 11.3. The minimum absolute atomic E-state index is 0.263. The lowest BCUT2D eigenvalue weighted by Crippen LogP contribution is -2.44. The van der Waals surface area contributed by atoms with Gasteiger partial charge in [-0.05, 0) is 36.2 Å². The molecule has 0 aliphatic heterocycles. The maximum absolute atomic E-state index is 12.1. The van der Waals surface area contributed by atoms with Gasteiger partial charge in [0.25, 0.3) is 0 Å². The van der Waals surface area contributed by atoms with Crippen molar-refractivity contribution in [1.82, 2.24) is 0 Å². The summed E-state index contributed by atoms with van der Waals surface area (Å²) in [6.07, 6.45) is 2.30. The molecule has 24 heavy (non-hydrogen) atoms. The van der Waals surface area contributed by atoms with E-state index in [1.54, 1.807) is 0 Å². The number of benzene rings is 1. The van der Waals surface area contributed by atoms with Crippen LogP contribution in [0.3, 0.4) is 0 Å². The molecule has 5 heteroatoms. The number of rotatable bonds is 5. The van der Waals surface area contributed by atoms with E-state index in [-0.39, 0.29) is 17.8 Å². The second-order valence-corrected chi connectivity index (χ2v) is 7.49. The van der Waals surface area contributed by atoms with Gasteiger partial charge in [-0.2, -0.15) is 0 Å². The highest BCUT2D eigenvalue weighted by atomic mass is 16.4. The number of aliphatic carboxylic acids is 2. The zero-order chi connectivity index (χ0) is 17.5. The van der Waals surface area contributed by atoms with E-state index in [0.717, 1.165) is 12.0 Å². The third-order valence-corrected chi connectivity index (χ3v) is 6.15. The molecule has 2 aliphatic rings. The highest BCUT2D eigenvalue weighted by Crippen LogP contribution is 2.64. The lowest BCUT2D eigenvalue weighted by molar-refractivity contribution is -0.149. The molecule has 5 nitrogen and oxygen atoms in total. The van der Waals surface area contributed by atoms with E-state index < -0.39 is 23.4 Å². The van der Waals surface area contributed by atoms with E-state index in [1.165, 1.54) is 0 Å². The summed E-state index contributed by atoms with van der Waals surface area (Å²) in [6.45, 7) is 3.96. The van der Waals surface area contributed by atoms with Crippen LogP contribution in [0.1, 0.15) is 38.7 Å². The van der Waals surface area contributed by atoms with Crippen LogP contribution < -0.4 is 0 Å². The topological polar surface area (TPSA) is 87.0 Å². The van der Waals surface area contributed by atoms with Gasteiger partial charge in [0.05, 0.1) is 0 Å². The number of carbonyl (C=O) groups is 2. The van der Waals surface area contributed by atoms with Gasteiger partial charge in [-0.25, -0.2) is 4.79 Å². The van der Waals surface area contributed by atoms with Gasteiger partial charge in [0.15, 0.2) is 6.04 Å². The van der Waals surface area contributed by atoms with Gasteiger partial charge in [-0.3, -0.25) is 9.79 Å². The second-order valence-electron chi connectivity index (χ2n) is 7.49. The van der Waals surface area contributed by atoms with Crippen molar-refractivity contribution < 1.29 is 19.8 Å². The first-order valence-corrected chi connectivity index (χ1v) is 8.36. The average Bonchev–Trinajstić information content (AvgIpc) is 2.91. The van der Waals surface area contributed by atoms with Gasteiger partial charge in [0.1, 0.15) is 5.41 Å². The summed E-state index contributed by atoms with van der Waals surface area (Å²) in [5, 5.41) is 19.5. The Bertz CT molecular complexity index is 695. The Hall–Kier alpha value is -2.17. The molecule has 0 heterocycles. The van der Waals surface area contributed by atoms with Gasteiger partial charge in [0.2, 0.25) is 0 Å². The molecule has 3 rings (SSSR count). The Labute approximate surface area is 141 Å². The van der Waals surface area contributed by atoms with Crippen molar-refractivity contribution in [2.45, 2.75) is 45.6 Å². The number of fused-ring (bicyclic) bond motifs is 2. The van der Waals surface area contributed by atoms with Crippen LogP contribution >= 0.6 is 0 Å². The molecule has 1 aromatic carbocycles. The van der Waals surface area contributed by atoms with Crippen molar-refractivity contribution >= 4 is 17.7 Å². The highest BCUT2D eigenvalue weighted by molar-refractivity contribution is 6.10. The van der Waals surface area contributed by atoms with E-state index in [4.69, 9.17) is 0 Å². The fraction of sp³-hybridized carbons (Fsp3) is 0.526. The molecule has 0 unspecified atom stereocenters. The molecular weight excluding hydrogens is 306 g/mol. The van der Waals surface area contributed by atoms with Crippen molar-refractivity contribution in [1.29, 1.82) is 0 Å². The monoisotopic (exact) mass is 329 g/mol. The van der Waals surface area contributed by atoms with E-state index in [1.807, 2.05) is 44.2 Å². The number of carboxylic acid groups (broad SMARTS) is 2. The van der Waals surface area contributed by atoms with Crippen LogP contribution in [0.15, 0.2) is 35.3 Å². The van der Waals surface area contributed by atoms with Crippen molar-refractivity contribution in [3.63, 3.8) is 0 Å². The van der Waals surface area contributed by atoms with Gasteiger partial charge in [-0.15, -0.1) is 0 Å². The Morgan fingerprint density at radius 3 is 2.46 bits per heavy atom. The van der Waals surface area contributed by atoms with E-state index in [2.05, 4.69) is 4.99 Å². The van der Waals surface area contributed by atoms with E-state index in [9.17, 15) is 19.8 Å². The Balaban J connectivity index is 1.96. The third-order valence-electron chi connectivity index (χ3n) is 6.15. The summed E-state index contributed by atoms with van der Waals surface area (Å²) in [6, 6.07) is 8.40. The zero-order valence-corrected chi connectivity index (χ0v) is 14.0. The van der Waals surface area contributed by atoms with Crippen molar-refractivity contribution in [2.24, 2.45) is 21.7 Å². The van der Waals surface area contributed by atoms with Gasteiger partial charge < -0.3 is 10.2 Å². The first-order valence-electron chi connectivity index (χ1n) is 8.36. The quantitative estimate of drug-likeness (QED) is 0.869. The molecule has 2 saturated carbocycles. The summed E-state index contributed by atoms with van der Waals surface area (Å²) in [5.74, 6) is -1.61. The molecule has 0 aromatic heterocycles. The lowest BCUT2D eigenvalue weighted by Gasteiger charge is -2.34. The Morgan fingerprint density at radius 1 is 1.25 bits per heavy atom. The molecule has 0 saturated heterocycles. The van der Waals surface area contributed by atoms with Gasteiger partial charge in [0, 0.05) is 12.1 Å². The molecule has 2 aliphatic carbocycles. The molecule has 2 bridgehead atoms. The van der Waals surface area contributed by atoms with Crippen LogP contribution in [-0.2, 0) is 16.0 Å². The lowest BCUT2D eigenvalue weighted by atomic mass is 9.68. The number of aliphatic imine (C=N–C) groups is 1. The fourth-order valence-electron chi connectivity index (χ4n) is 4.59. The van der Waals surface area contributed by atoms with E-state index in [0.29, 0.717) is 18.6 Å². The van der Waals surface area contributed by atoms with Crippen molar-refractivity contribution in [2.75, 3.05) is 0 Å². The average molecular weight is 329 g/mol. The van der Waals surface area contributed by atoms with Crippen molar-refractivity contribution in [3.8, 4) is 0 Å². The van der Waals surface area contributed by atoms with Crippen LogP contribution in [0.25, 0.3) is 0 Å². The molecule has 0 amide bonds. The Morgan fingerprint density at radius 2 is 1.92 bits per heavy atom. The molecule has 0 spiro atoms. The normalized spacial score (nSPS) is 30.4. The molecule has 0 radical (unpaired) electrons. The summed E-state index contributed by atoms with van der Waals surface area (Å²) < 4.78 is 0. The zero-order valence-electron chi connectivity index (χ0n) is 14.0. The Kier molecular flexibility index (Phi) is 3.98. The van der Waals surface area contributed by atoms with Gasteiger partial charge in [-0.1, -0.05) is 44.2 Å². The SMILES string of the molecule is CC1(C)[C@@H]2CC[C@@]1(C(=O)O)C(=N[C@@H](Cc1ccccc1)C(=O)O)C2. The number of hydrogen-bond donors (Lipinski definition) is 2. The van der Waals surface area contributed by atoms with Gasteiger partial charge >= 0.3 is 11.9 Å². The molecule has 128 valence electrons. The second kappa shape index (κ2) is 5.72. The molecule has 2 N–H and O–H groups in total. The molecule has 3 atom stereocenters. The van der Waals surface area contributed by atoms with Crippen LogP contribution in [-0.4, -0.2) is 33.9 Å². The summed E-state index contributed by atoms with van der Waals surface area (Å²) >= 11 is 0. The van der Waals surface area contributed by atoms with Crippen LogP contribution in [0.5, 0.6) is 0 Å².